The predicted octanol–water partition coefficient (Wildman–Crippen LogP) is 19.3. The molecule has 0 aliphatic heterocycles. The third-order valence-corrected chi connectivity index (χ3v) is 7.90. The van der Waals surface area contributed by atoms with Crippen LogP contribution in [0.3, 0.4) is 0 Å². The van der Waals surface area contributed by atoms with Crippen LogP contribution in [0.15, 0.2) is 89.5 Å². The Bertz CT molecular complexity index is 1170. The van der Waals surface area contributed by atoms with Crippen molar-refractivity contribution in [3.05, 3.63) is 101 Å². The molecule has 0 N–H and O–H groups in total. The van der Waals surface area contributed by atoms with Crippen molar-refractivity contribution in [2.75, 3.05) is 0 Å². The third kappa shape index (κ3) is 34.6. The van der Waals surface area contributed by atoms with Gasteiger partial charge in [-0.2, -0.15) is 0 Å². The van der Waals surface area contributed by atoms with E-state index >= 15 is 0 Å². The Hall–Kier alpha value is -2.93. The van der Waals surface area contributed by atoms with E-state index in [9.17, 15) is 0 Å². The molecule has 0 amide bonds. The van der Waals surface area contributed by atoms with Crippen LogP contribution in [0.5, 0.6) is 0 Å². The summed E-state index contributed by atoms with van der Waals surface area (Å²) < 4.78 is 0. The maximum Gasteiger partial charge on any atom is 0.0668 e. The number of benzene rings is 2. The van der Waals surface area contributed by atoms with Crippen LogP contribution in [0.2, 0.25) is 0 Å². The molecule has 0 bridgehead atoms. The lowest BCUT2D eigenvalue weighted by molar-refractivity contribution is 0.615. The minimum absolute atomic E-state index is 0.801. The van der Waals surface area contributed by atoms with Gasteiger partial charge in [-0.3, -0.25) is 4.99 Å². The summed E-state index contributed by atoms with van der Waals surface area (Å²) in [6.45, 7) is 49.8. The van der Waals surface area contributed by atoms with Gasteiger partial charge in [0.1, 0.15) is 0 Å². The number of hydrogen-bond acceptors (Lipinski definition) is 1. The molecule has 3 rings (SSSR count). The molecule has 0 aromatic heterocycles. The Morgan fingerprint density at radius 2 is 1.25 bits per heavy atom. The van der Waals surface area contributed by atoms with Crippen LogP contribution in [-0.2, 0) is 0 Å². The minimum Gasteiger partial charge on any atom is -0.253 e. The second-order valence-corrected chi connectivity index (χ2v) is 11.6. The Balaban J connectivity index is -0.000000163. The van der Waals surface area contributed by atoms with Crippen LogP contribution in [0.4, 0.5) is 5.69 Å². The van der Waals surface area contributed by atoms with E-state index in [1.807, 2.05) is 96.1 Å². The quantitative estimate of drug-likeness (QED) is 0.124. The third-order valence-electron chi connectivity index (χ3n) is 7.90. The second kappa shape index (κ2) is 47.1. The van der Waals surface area contributed by atoms with E-state index in [2.05, 4.69) is 130 Å². The lowest BCUT2D eigenvalue weighted by Crippen LogP contribution is -1.97. The average molecular weight is 734 g/mol. The summed E-state index contributed by atoms with van der Waals surface area (Å²) in [7, 11) is 0. The van der Waals surface area contributed by atoms with Crippen molar-refractivity contribution < 1.29 is 0 Å². The van der Waals surface area contributed by atoms with Gasteiger partial charge in [-0.15, -0.1) is 0 Å². The molecule has 1 heteroatoms. The molecule has 2 aromatic rings. The maximum absolute atomic E-state index is 4.83. The molecule has 1 aliphatic carbocycles. The van der Waals surface area contributed by atoms with Gasteiger partial charge < -0.3 is 0 Å². The van der Waals surface area contributed by atoms with Crippen LogP contribution in [0.1, 0.15) is 207 Å². The van der Waals surface area contributed by atoms with Crippen LogP contribution in [0, 0.1) is 18.8 Å². The van der Waals surface area contributed by atoms with E-state index in [0.717, 1.165) is 39.9 Å². The van der Waals surface area contributed by atoms with Crippen LogP contribution < -0.4 is 0 Å². The minimum atomic E-state index is 0.801. The number of hydrogen-bond donors (Lipinski definition) is 0. The first-order valence-corrected chi connectivity index (χ1v) is 22.0. The maximum atomic E-state index is 4.83. The SMILES string of the molecule is C=C(C)c1ccc(C)c(N=C(C)/C(C)=C/C=C(\C)c2ccccc2)c1.CC.CC.CC.CC.CC.CC.CC/C=C(/CCC)C(C)CC.CCC1CC1. The van der Waals surface area contributed by atoms with E-state index < -0.39 is 0 Å². The Morgan fingerprint density at radius 3 is 1.62 bits per heavy atom. The van der Waals surface area contributed by atoms with Crippen molar-refractivity contribution in [2.24, 2.45) is 16.8 Å². The van der Waals surface area contributed by atoms with Gasteiger partial charge in [0.15, 0.2) is 0 Å². The van der Waals surface area contributed by atoms with Crippen molar-refractivity contribution in [3.63, 3.8) is 0 Å². The molecule has 1 unspecified atom stereocenters. The Kier molecular flexibility index (Phi) is 55.2. The zero-order valence-electron chi connectivity index (χ0n) is 40.1. The Labute approximate surface area is 336 Å². The second-order valence-electron chi connectivity index (χ2n) is 11.6. The van der Waals surface area contributed by atoms with Crippen LogP contribution in [0.25, 0.3) is 11.1 Å². The fraction of sp³-hybridized carbons (Fsp3) is 0.596. The first-order valence-electron chi connectivity index (χ1n) is 22.0. The largest absolute Gasteiger partial charge is 0.253 e. The molecular weight excluding hydrogens is 639 g/mol. The topological polar surface area (TPSA) is 12.4 Å². The van der Waals surface area contributed by atoms with Gasteiger partial charge in [-0.05, 0) is 99.6 Å². The normalized spacial score (nSPS) is 12.2. The fourth-order valence-electron chi connectivity index (χ4n) is 4.32. The number of rotatable bonds is 11. The van der Waals surface area contributed by atoms with Crippen molar-refractivity contribution in [3.8, 4) is 0 Å². The van der Waals surface area contributed by atoms with E-state index in [-0.39, 0.29) is 0 Å². The molecule has 1 aliphatic rings. The zero-order valence-corrected chi connectivity index (χ0v) is 40.1. The van der Waals surface area contributed by atoms with Gasteiger partial charge in [0.05, 0.1) is 5.69 Å². The standard InChI is InChI=1S/C24H27N.C11H22.C5H10.6C2H6/c1-17(2)23-15-14-20(5)24(16-23)25-21(6)18(3)12-13-19(4)22-10-8-7-9-11-22;1-5-8-11(9-6-2)10(4)7-3;1-2-5-3-4-5;6*1-2/h7-16H,1H2,2-6H3;8,10H,5-7,9H2,1-4H3;5H,2-4H2,1H3;6*1-2H3/b18-12+,19-13+,25-21?;11-8-;;;;;;;. The number of aliphatic imine (C=N–C) groups is 1. The predicted molar refractivity (Wildman–Crippen MR) is 256 cm³/mol. The fourth-order valence-corrected chi connectivity index (χ4v) is 4.32. The van der Waals surface area contributed by atoms with Gasteiger partial charge in [-0.1, -0.05) is 222 Å². The summed E-state index contributed by atoms with van der Waals surface area (Å²) in [4.78, 5) is 4.83. The van der Waals surface area contributed by atoms with Crippen molar-refractivity contribution in [1.82, 2.24) is 0 Å². The molecule has 0 heterocycles. The summed E-state index contributed by atoms with van der Waals surface area (Å²) in [5.41, 5.74) is 10.7. The lowest BCUT2D eigenvalue weighted by Gasteiger charge is -2.12. The monoisotopic (exact) mass is 734 g/mol. The summed E-state index contributed by atoms with van der Waals surface area (Å²) in [6, 6.07) is 16.7. The number of nitrogens with zero attached hydrogens (tertiary/aromatic N) is 1. The highest BCUT2D eigenvalue weighted by Gasteiger charge is 2.17. The first-order chi connectivity index (χ1) is 25.6. The number of allylic oxidation sites excluding steroid dienone is 7. The van der Waals surface area contributed by atoms with Gasteiger partial charge in [0.25, 0.3) is 0 Å². The summed E-state index contributed by atoms with van der Waals surface area (Å²) in [5, 5.41) is 0. The number of aryl methyl sites for hydroxylation is 1. The average Bonchev–Trinajstić information content (AvgIpc) is 4.08. The molecule has 1 nitrogen and oxygen atoms in total. The highest BCUT2D eigenvalue weighted by molar-refractivity contribution is 6.00. The van der Waals surface area contributed by atoms with Crippen molar-refractivity contribution in [2.45, 2.75) is 197 Å². The molecular formula is C52H95N. The molecule has 308 valence electrons. The summed E-state index contributed by atoms with van der Waals surface area (Å²) >= 11 is 0. The highest BCUT2D eigenvalue weighted by Crippen LogP contribution is 2.31. The van der Waals surface area contributed by atoms with Crippen LogP contribution >= 0.6 is 0 Å². The van der Waals surface area contributed by atoms with Gasteiger partial charge in [-0.25, -0.2) is 0 Å². The van der Waals surface area contributed by atoms with E-state index in [4.69, 9.17) is 4.99 Å². The Morgan fingerprint density at radius 1 is 0.736 bits per heavy atom. The van der Waals surface area contributed by atoms with Crippen LogP contribution in [-0.4, -0.2) is 5.71 Å². The van der Waals surface area contributed by atoms with Crippen molar-refractivity contribution in [1.29, 1.82) is 0 Å². The van der Waals surface area contributed by atoms with Crippen molar-refractivity contribution >= 4 is 22.5 Å². The van der Waals surface area contributed by atoms with E-state index in [0.29, 0.717) is 0 Å². The van der Waals surface area contributed by atoms with Gasteiger partial charge >= 0.3 is 0 Å². The molecule has 0 radical (unpaired) electrons. The molecule has 1 atom stereocenters. The lowest BCUT2D eigenvalue weighted by atomic mass is 9.94. The molecule has 0 spiro atoms. The summed E-state index contributed by atoms with van der Waals surface area (Å²) in [5.74, 6) is 1.94. The van der Waals surface area contributed by atoms with E-state index in [1.165, 1.54) is 61.6 Å². The van der Waals surface area contributed by atoms with Gasteiger partial charge in [0.2, 0.25) is 0 Å². The highest BCUT2D eigenvalue weighted by atomic mass is 14.7. The molecule has 1 saturated carbocycles. The molecule has 2 aromatic carbocycles. The first kappa shape index (κ1) is 62.1. The van der Waals surface area contributed by atoms with E-state index in [1.54, 1.807) is 5.57 Å². The van der Waals surface area contributed by atoms with Gasteiger partial charge in [0, 0.05) is 5.71 Å². The molecule has 1 fully saturated rings. The summed E-state index contributed by atoms with van der Waals surface area (Å²) in [6.07, 6.45) is 16.2. The molecule has 0 saturated heterocycles. The smallest absolute Gasteiger partial charge is 0.0668 e. The molecule has 53 heavy (non-hydrogen) atoms. The zero-order chi connectivity index (χ0) is 42.8.